The highest BCUT2D eigenvalue weighted by atomic mass is 16.6. The zero-order valence-electron chi connectivity index (χ0n) is 28.9. The number of carbonyl (C=O) groups excluding carboxylic acids is 6. The van der Waals surface area contributed by atoms with Crippen LogP contribution in [0.4, 0.5) is 10.5 Å². The summed E-state index contributed by atoms with van der Waals surface area (Å²) in [5.74, 6) is 3.78. The average Bonchev–Trinajstić information content (AvgIpc) is 3.31. The number of piperidine rings is 1. The normalized spacial score (nSPS) is 18.3. The van der Waals surface area contributed by atoms with Crippen LogP contribution in [0.25, 0.3) is 0 Å². The van der Waals surface area contributed by atoms with E-state index in [4.69, 9.17) is 25.8 Å². The molecular weight excluding hydrogens is 652 g/mol. The number of piperazine rings is 1. The molecule has 0 spiro atoms. The Hall–Kier alpha value is -4.74. The van der Waals surface area contributed by atoms with Crippen molar-refractivity contribution in [1.82, 2.24) is 25.0 Å². The van der Waals surface area contributed by atoms with Crippen LogP contribution < -0.4 is 22.2 Å². The van der Waals surface area contributed by atoms with E-state index in [0.717, 1.165) is 4.90 Å². The van der Waals surface area contributed by atoms with E-state index in [9.17, 15) is 28.8 Å². The maximum absolute atomic E-state index is 13.2. The number of hydrogen-bond donors (Lipinski definition) is 4. The second-order valence-electron chi connectivity index (χ2n) is 13.2. The van der Waals surface area contributed by atoms with Gasteiger partial charge in [-0.15, -0.1) is 0 Å². The molecule has 6 amide bonds. The van der Waals surface area contributed by atoms with Crippen LogP contribution >= 0.6 is 0 Å². The fraction of sp³-hybridized carbons (Fsp3) is 0.576. The molecule has 4 rings (SSSR count). The van der Waals surface area contributed by atoms with Gasteiger partial charge in [0.2, 0.25) is 17.7 Å². The fourth-order valence-electron chi connectivity index (χ4n) is 5.68. The highest BCUT2D eigenvalue weighted by molar-refractivity contribution is 6.25. The van der Waals surface area contributed by atoms with Crippen molar-refractivity contribution in [2.75, 3.05) is 71.0 Å². The lowest BCUT2D eigenvalue weighted by molar-refractivity contribution is -0.136. The minimum Gasteiger partial charge on any atom is -0.444 e. The Morgan fingerprint density at radius 1 is 1.02 bits per heavy atom. The number of nitrogens with two attached hydrogens (primary N) is 2. The highest BCUT2D eigenvalue weighted by Crippen LogP contribution is 2.32. The predicted octanol–water partition coefficient (Wildman–Crippen LogP) is 0.368. The number of hydrogen-bond acceptors (Lipinski definition) is 13. The van der Waals surface area contributed by atoms with Crippen molar-refractivity contribution >= 4 is 41.3 Å². The summed E-state index contributed by atoms with van der Waals surface area (Å²) in [6.45, 7) is 8.95. The summed E-state index contributed by atoms with van der Waals surface area (Å²) in [5.41, 5.74) is 6.68. The van der Waals surface area contributed by atoms with Gasteiger partial charge < -0.3 is 40.1 Å². The minimum absolute atomic E-state index is 0.00501. The monoisotopic (exact) mass is 700 g/mol. The number of ether oxygens (including phenoxy) is 3. The van der Waals surface area contributed by atoms with Gasteiger partial charge in [0.25, 0.3) is 11.8 Å². The third-order valence-corrected chi connectivity index (χ3v) is 8.09. The summed E-state index contributed by atoms with van der Waals surface area (Å²) in [5, 5.41) is 6.71. The summed E-state index contributed by atoms with van der Waals surface area (Å²) in [6.07, 6.45) is 2.17. The van der Waals surface area contributed by atoms with Crippen LogP contribution in [0, 0.1) is 0 Å². The second kappa shape index (κ2) is 17.3. The van der Waals surface area contributed by atoms with E-state index in [1.165, 1.54) is 11.1 Å². The van der Waals surface area contributed by atoms with Crippen molar-refractivity contribution < 1.29 is 43.0 Å². The van der Waals surface area contributed by atoms with Gasteiger partial charge in [0.05, 0.1) is 43.3 Å². The molecule has 50 heavy (non-hydrogen) atoms. The molecule has 274 valence electrons. The smallest absolute Gasteiger partial charge is 0.410 e. The molecule has 17 nitrogen and oxygen atoms in total. The first kappa shape index (κ1) is 38.1. The molecule has 0 bridgehead atoms. The van der Waals surface area contributed by atoms with Gasteiger partial charge in [-0.3, -0.25) is 34.2 Å². The van der Waals surface area contributed by atoms with Crippen molar-refractivity contribution in [3.05, 3.63) is 41.2 Å². The van der Waals surface area contributed by atoms with Crippen molar-refractivity contribution in [3.63, 3.8) is 0 Å². The van der Waals surface area contributed by atoms with Crippen LogP contribution in [0.2, 0.25) is 0 Å². The molecule has 6 N–H and O–H groups in total. The van der Waals surface area contributed by atoms with E-state index in [2.05, 4.69) is 10.6 Å². The Bertz CT molecular complexity index is 1470. The molecule has 1 aromatic rings. The number of carbonyl (C=O) groups is 6. The Labute approximate surface area is 291 Å². The summed E-state index contributed by atoms with van der Waals surface area (Å²) >= 11 is 0. The van der Waals surface area contributed by atoms with Gasteiger partial charge in [-0.1, -0.05) is 6.07 Å². The van der Waals surface area contributed by atoms with Gasteiger partial charge in [-0.2, -0.15) is 0 Å². The SMILES string of the molecule is CC(C)(C)OC(=O)N1CCN(C(=O)CCCN(N)/C=C(\N)COCCOCCNc2cccc3c2C(=O)N(C2CCC(=O)NC2=O)C3=O)CC1. The fourth-order valence-corrected chi connectivity index (χ4v) is 5.68. The molecule has 17 heteroatoms. The zero-order chi connectivity index (χ0) is 36.4. The van der Waals surface area contributed by atoms with E-state index >= 15 is 0 Å². The maximum Gasteiger partial charge on any atom is 0.410 e. The molecular formula is C33H48N8O9. The van der Waals surface area contributed by atoms with Crippen LogP contribution in [-0.2, 0) is 28.6 Å². The number of imide groups is 2. The highest BCUT2D eigenvalue weighted by Gasteiger charge is 2.45. The Balaban J connectivity index is 1.06. The lowest BCUT2D eigenvalue weighted by Gasteiger charge is -2.35. The molecule has 3 heterocycles. The van der Waals surface area contributed by atoms with Crippen molar-refractivity contribution in [1.29, 1.82) is 0 Å². The molecule has 1 aromatic carbocycles. The number of nitrogens with one attached hydrogen (secondary N) is 2. The van der Waals surface area contributed by atoms with Gasteiger partial charge in [0.1, 0.15) is 11.6 Å². The van der Waals surface area contributed by atoms with Crippen molar-refractivity contribution in [2.24, 2.45) is 11.6 Å². The lowest BCUT2D eigenvalue weighted by atomic mass is 10.0. The van der Waals surface area contributed by atoms with E-state index < -0.39 is 35.3 Å². The number of anilines is 1. The summed E-state index contributed by atoms with van der Waals surface area (Å²) in [7, 11) is 0. The topological polar surface area (TPSA) is 219 Å². The summed E-state index contributed by atoms with van der Waals surface area (Å²) in [6, 6.07) is 3.82. The molecule has 0 saturated carbocycles. The number of fused-ring (bicyclic) bond motifs is 1. The lowest BCUT2D eigenvalue weighted by Crippen LogP contribution is -2.54. The maximum atomic E-state index is 13.2. The van der Waals surface area contributed by atoms with Crippen molar-refractivity contribution in [3.8, 4) is 0 Å². The summed E-state index contributed by atoms with van der Waals surface area (Å²) in [4.78, 5) is 79.1. The van der Waals surface area contributed by atoms with Crippen LogP contribution in [0.5, 0.6) is 0 Å². The molecule has 3 aliphatic heterocycles. The van der Waals surface area contributed by atoms with E-state index in [1.54, 1.807) is 28.1 Å². The standard InChI is InChI=1S/C33H48N8O9/c1-33(2,3)50-32(47)39-15-13-38(14-16-39)27(43)8-5-12-40(35)20-22(34)21-49-19-18-48-17-11-36-24-7-4-6-23-28(24)31(46)41(30(23)45)25-9-10-26(42)37-29(25)44/h4,6-7,20,25,36H,5,8-19,21,34-35H2,1-3H3,(H,37,42,44)/b22-20-. The predicted molar refractivity (Wildman–Crippen MR) is 180 cm³/mol. The second-order valence-corrected chi connectivity index (χ2v) is 13.2. The van der Waals surface area contributed by atoms with Crippen LogP contribution in [-0.4, -0.2) is 133 Å². The molecule has 0 radical (unpaired) electrons. The van der Waals surface area contributed by atoms with Gasteiger partial charge in [-0.05, 0) is 45.7 Å². The first-order valence-electron chi connectivity index (χ1n) is 16.7. The molecule has 0 aliphatic carbocycles. The first-order chi connectivity index (χ1) is 23.7. The first-order valence-corrected chi connectivity index (χ1v) is 16.7. The van der Waals surface area contributed by atoms with E-state index in [1.807, 2.05) is 20.8 Å². The molecule has 2 fully saturated rings. The molecule has 1 atom stereocenters. The van der Waals surface area contributed by atoms with Crippen LogP contribution in [0.15, 0.2) is 30.1 Å². The number of nitrogens with zero attached hydrogens (tertiary/aromatic N) is 4. The van der Waals surface area contributed by atoms with Crippen LogP contribution in [0.3, 0.4) is 0 Å². The molecule has 0 aromatic heterocycles. The minimum atomic E-state index is -1.03. The molecule has 2 saturated heterocycles. The van der Waals surface area contributed by atoms with Gasteiger partial charge in [0, 0.05) is 64.0 Å². The average molecular weight is 701 g/mol. The number of benzene rings is 1. The van der Waals surface area contributed by atoms with Gasteiger partial charge in [-0.25, -0.2) is 10.6 Å². The van der Waals surface area contributed by atoms with E-state index in [-0.39, 0.29) is 62.4 Å². The zero-order valence-corrected chi connectivity index (χ0v) is 28.9. The Morgan fingerprint density at radius 3 is 2.42 bits per heavy atom. The Kier molecular flexibility index (Phi) is 13.1. The number of rotatable bonds is 15. The van der Waals surface area contributed by atoms with Crippen LogP contribution in [0.1, 0.15) is 67.2 Å². The van der Waals surface area contributed by atoms with Crippen molar-refractivity contribution in [2.45, 2.75) is 58.1 Å². The summed E-state index contributed by atoms with van der Waals surface area (Å²) < 4.78 is 16.5. The van der Waals surface area contributed by atoms with E-state index in [0.29, 0.717) is 63.5 Å². The quantitative estimate of drug-likeness (QED) is 0.0842. The third-order valence-electron chi connectivity index (χ3n) is 8.09. The van der Waals surface area contributed by atoms with Gasteiger partial charge in [0.15, 0.2) is 0 Å². The number of amides is 6. The largest absolute Gasteiger partial charge is 0.444 e. The molecule has 1 unspecified atom stereocenters. The number of hydrazine groups is 1. The third kappa shape index (κ3) is 10.4. The Morgan fingerprint density at radius 2 is 1.72 bits per heavy atom. The molecule has 3 aliphatic rings. The van der Waals surface area contributed by atoms with Gasteiger partial charge >= 0.3 is 6.09 Å².